The Labute approximate surface area is 101 Å². The minimum Gasteiger partial charge on any atom is -0.477 e. The summed E-state index contributed by atoms with van der Waals surface area (Å²) >= 11 is 3.28. The van der Waals surface area contributed by atoms with Gasteiger partial charge in [0.25, 0.3) is 0 Å². The van der Waals surface area contributed by atoms with Gasteiger partial charge in [-0.15, -0.1) is 0 Å². The molecule has 1 heterocycles. The molecular formula is C11H9BrO4. The van der Waals surface area contributed by atoms with Crippen LogP contribution in [0.5, 0.6) is 5.75 Å². The van der Waals surface area contributed by atoms with Crippen LogP contribution in [0.15, 0.2) is 22.7 Å². The van der Waals surface area contributed by atoms with Gasteiger partial charge in [-0.3, -0.25) is 4.79 Å². The van der Waals surface area contributed by atoms with E-state index in [0.29, 0.717) is 28.8 Å². The average Bonchev–Trinajstić information content (AvgIpc) is 2.67. The van der Waals surface area contributed by atoms with Gasteiger partial charge in [0, 0.05) is 12.0 Å². The predicted molar refractivity (Wildman–Crippen MR) is 59.5 cm³/mol. The fourth-order valence-electron chi connectivity index (χ4n) is 1.42. The molecule has 16 heavy (non-hydrogen) atoms. The lowest BCUT2D eigenvalue weighted by molar-refractivity contribution is -0.143. The Morgan fingerprint density at radius 2 is 2.31 bits per heavy atom. The molecule has 4 nitrogen and oxygen atoms in total. The van der Waals surface area contributed by atoms with Gasteiger partial charge >= 0.3 is 5.97 Å². The Kier molecular flexibility index (Phi) is 3.24. The summed E-state index contributed by atoms with van der Waals surface area (Å²) < 4.78 is 10.9. The molecule has 0 bridgehead atoms. The fourth-order valence-corrected chi connectivity index (χ4v) is 1.91. The van der Waals surface area contributed by atoms with Gasteiger partial charge in [0.1, 0.15) is 12.0 Å². The highest BCUT2D eigenvalue weighted by atomic mass is 79.9. The van der Waals surface area contributed by atoms with E-state index in [-0.39, 0.29) is 5.97 Å². The van der Waals surface area contributed by atoms with E-state index in [1.54, 1.807) is 18.2 Å². The molecule has 1 unspecified atom stereocenters. The van der Waals surface area contributed by atoms with E-state index >= 15 is 0 Å². The molecule has 1 aromatic carbocycles. The Morgan fingerprint density at radius 1 is 1.50 bits per heavy atom. The third kappa shape index (κ3) is 2.24. The molecule has 5 heteroatoms. The number of ether oxygens (including phenoxy) is 2. The smallest absolute Gasteiger partial charge is 0.347 e. The number of hydrogen-bond donors (Lipinski definition) is 0. The third-order valence-electron chi connectivity index (χ3n) is 2.25. The molecular weight excluding hydrogens is 276 g/mol. The topological polar surface area (TPSA) is 52.6 Å². The average molecular weight is 285 g/mol. The summed E-state index contributed by atoms with van der Waals surface area (Å²) in [5, 5.41) is 0. The molecule has 84 valence electrons. The van der Waals surface area contributed by atoms with Gasteiger partial charge in [0.15, 0.2) is 6.10 Å². The monoisotopic (exact) mass is 284 g/mol. The normalized spacial score (nSPS) is 19.3. The Bertz CT molecular complexity index is 430. The van der Waals surface area contributed by atoms with E-state index in [4.69, 9.17) is 9.47 Å². The SMILES string of the molecule is O=Cc1ccc(OC2CCOC2=O)c(Br)c1. The minimum absolute atomic E-state index is 0.341. The lowest BCUT2D eigenvalue weighted by Crippen LogP contribution is -2.21. The van der Waals surface area contributed by atoms with Crippen molar-refractivity contribution in [3.8, 4) is 5.75 Å². The summed E-state index contributed by atoms with van der Waals surface area (Å²) in [6.07, 6.45) is 0.761. The fraction of sp³-hybridized carbons (Fsp3) is 0.273. The van der Waals surface area contributed by atoms with E-state index < -0.39 is 6.10 Å². The number of rotatable bonds is 3. The van der Waals surface area contributed by atoms with Crippen LogP contribution in [0.3, 0.4) is 0 Å². The maximum atomic E-state index is 11.2. The van der Waals surface area contributed by atoms with Crippen molar-refractivity contribution in [3.63, 3.8) is 0 Å². The number of halogens is 1. The first kappa shape index (κ1) is 11.1. The molecule has 1 saturated heterocycles. The summed E-state index contributed by atoms with van der Waals surface area (Å²) in [7, 11) is 0. The van der Waals surface area contributed by atoms with E-state index in [9.17, 15) is 9.59 Å². The first-order chi connectivity index (χ1) is 7.70. The van der Waals surface area contributed by atoms with E-state index in [1.807, 2.05) is 0 Å². The molecule has 1 atom stereocenters. The van der Waals surface area contributed by atoms with Crippen molar-refractivity contribution in [3.05, 3.63) is 28.2 Å². The van der Waals surface area contributed by atoms with Gasteiger partial charge in [-0.05, 0) is 34.1 Å². The maximum absolute atomic E-state index is 11.2. The number of cyclic esters (lactones) is 1. The maximum Gasteiger partial charge on any atom is 0.347 e. The van der Waals surface area contributed by atoms with Crippen LogP contribution < -0.4 is 4.74 Å². The van der Waals surface area contributed by atoms with Crippen LogP contribution in [-0.2, 0) is 9.53 Å². The van der Waals surface area contributed by atoms with Crippen LogP contribution in [0.4, 0.5) is 0 Å². The van der Waals surface area contributed by atoms with Crippen LogP contribution in [0.2, 0.25) is 0 Å². The molecule has 0 spiro atoms. The summed E-state index contributed by atoms with van der Waals surface area (Å²) in [6, 6.07) is 4.93. The van der Waals surface area contributed by atoms with Crippen molar-refractivity contribution in [2.75, 3.05) is 6.61 Å². The molecule has 0 radical (unpaired) electrons. The zero-order valence-corrected chi connectivity index (χ0v) is 9.90. The molecule has 0 N–H and O–H groups in total. The number of esters is 1. The van der Waals surface area contributed by atoms with Crippen molar-refractivity contribution in [2.24, 2.45) is 0 Å². The number of aldehydes is 1. The van der Waals surface area contributed by atoms with Crippen LogP contribution in [0.1, 0.15) is 16.8 Å². The number of carbonyl (C=O) groups is 2. The van der Waals surface area contributed by atoms with Crippen molar-refractivity contribution in [1.29, 1.82) is 0 Å². The number of carbonyl (C=O) groups excluding carboxylic acids is 2. The third-order valence-corrected chi connectivity index (χ3v) is 2.87. The second kappa shape index (κ2) is 4.65. The van der Waals surface area contributed by atoms with Crippen LogP contribution >= 0.6 is 15.9 Å². The predicted octanol–water partition coefficient (Wildman–Crippen LogP) is 1.96. The van der Waals surface area contributed by atoms with Crippen molar-refractivity contribution in [1.82, 2.24) is 0 Å². The van der Waals surface area contributed by atoms with E-state index in [1.165, 1.54) is 0 Å². The quantitative estimate of drug-likeness (QED) is 0.629. The highest BCUT2D eigenvalue weighted by Gasteiger charge is 2.28. The number of benzene rings is 1. The highest BCUT2D eigenvalue weighted by molar-refractivity contribution is 9.10. The molecule has 1 aliphatic heterocycles. The molecule has 0 aliphatic carbocycles. The van der Waals surface area contributed by atoms with Crippen LogP contribution in [0.25, 0.3) is 0 Å². The summed E-state index contributed by atoms with van der Waals surface area (Å²) in [4.78, 5) is 21.7. The first-order valence-electron chi connectivity index (χ1n) is 4.79. The molecule has 1 aliphatic rings. The molecule has 0 aromatic heterocycles. The molecule has 2 rings (SSSR count). The van der Waals surface area contributed by atoms with Gasteiger partial charge < -0.3 is 9.47 Å². The van der Waals surface area contributed by atoms with E-state index in [0.717, 1.165) is 6.29 Å². The van der Waals surface area contributed by atoms with Crippen LogP contribution in [-0.4, -0.2) is 25.0 Å². The van der Waals surface area contributed by atoms with E-state index in [2.05, 4.69) is 15.9 Å². The van der Waals surface area contributed by atoms with Gasteiger partial charge in [-0.25, -0.2) is 4.79 Å². The Hall–Kier alpha value is -1.36. The first-order valence-corrected chi connectivity index (χ1v) is 5.58. The Morgan fingerprint density at radius 3 is 2.88 bits per heavy atom. The van der Waals surface area contributed by atoms with Gasteiger partial charge in [0.2, 0.25) is 0 Å². The lowest BCUT2D eigenvalue weighted by atomic mass is 10.2. The second-order valence-corrected chi connectivity index (χ2v) is 4.22. The second-order valence-electron chi connectivity index (χ2n) is 3.37. The summed E-state index contributed by atoms with van der Waals surface area (Å²) in [5.74, 6) is 0.195. The standard InChI is InChI=1S/C11H9BrO4/c12-8-5-7(6-13)1-2-9(8)16-10-3-4-15-11(10)14/h1-2,5-6,10H,3-4H2. The van der Waals surface area contributed by atoms with Gasteiger partial charge in [-0.1, -0.05) is 0 Å². The van der Waals surface area contributed by atoms with Crippen molar-refractivity contribution in [2.45, 2.75) is 12.5 Å². The summed E-state index contributed by atoms with van der Waals surface area (Å²) in [6.45, 7) is 0.396. The molecule has 0 saturated carbocycles. The zero-order chi connectivity index (χ0) is 11.5. The zero-order valence-electron chi connectivity index (χ0n) is 8.31. The molecule has 1 aromatic rings. The number of hydrogen-bond acceptors (Lipinski definition) is 4. The highest BCUT2D eigenvalue weighted by Crippen LogP contribution is 2.28. The van der Waals surface area contributed by atoms with Crippen molar-refractivity contribution < 1.29 is 19.1 Å². The lowest BCUT2D eigenvalue weighted by Gasteiger charge is -2.11. The van der Waals surface area contributed by atoms with Crippen molar-refractivity contribution >= 4 is 28.2 Å². The van der Waals surface area contributed by atoms with Gasteiger partial charge in [-0.2, -0.15) is 0 Å². The van der Waals surface area contributed by atoms with Gasteiger partial charge in [0.05, 0.1) is 11.1 Å². The molecule has 1 fully saturated rings. The molecule has 0 amide bonds. The Balaban J connectivity index is 2.15. The van der Waals surface area contributed by atoms with Crippen LogP contribution in [0, 0.1) is 0 Å². The largest absolute Gasteiger partial charge is 0.477 e. The summed E-state index contributed by atoms with van der Waals surface area (Å²) in [5.41, 5.74) is 0.549. The minimum atomic E-state index is -0.543.